The van der Waals surface area contributed by atoms with Gasteiger partial charge in [0.05, 0.1) is 12.1 Å². The van der Waals surface area contributed by atoms with Gasteiger partial charge < -0.3 is 10.2 Å². The Labute approximate surface area is 98.0 Å². The van der Waals surface area contributed by atoms with Crippen molar-refractivity contribution in [3.8, 4) is 12.3 Å². The second-order valence-electron chi connectivity index (χ2n) is 4.66. The van der Waals surface area contributed by atoms with Crippen LogP contribution in [0.1, 0.15) is 13.8 Å². The Kier molecular flexibility index (Phi) is 4.34. The van der Waals surface area contributed by atoms with E-state index in [0.717, 1.165) is 26.2 Å². The molecule has 0 aromatic rings. The summed E-state index contributed by atoms with van der Waals surface area (Å²) < 4.78 is 0. The molecule has 0 radical (unpaired) electrons. The fourth-order valence-electron chi connectivity index (χ4n) is 1.75. The molecule has 0 spiro atoms. The average molecular weight is 223 g/mol. The topological polar surface area (TPSA) is 35.6 Å². The van der Waals surface area contributed by atoms with Gasteiger partial charge in [0.15, 0.2) is 0 Å². The number of rotatable bonds is 3. The van der Waals surface area contributed by atoms with E-state index in [2.05, 4.69) is 11.2 Å². The second kappa shape index (κ2) is 5.33. The largest absolute Gasteiger partial charge is 0.339 e. The monoisotopic (exact) mass is 223 g/mol. The van der Waals surface area contributed by atoms with Gasteiger partial charge in [-0.3, -0.25) is 9.69 Å². The van der Waals surface area contributed by atoms with Crippen molar-refractivity contribution in [2.75, 3.05) is 39.8 Å². The van der Waals surface area contributed by atoms with Crippen molar-refractivity contribution in [2.24, 2.45) is 0 Å². The van der Waals surface area contributed by atoms with Crippen LogP contribution in [-0.4, -0.2) is 61.0 Å². The van der Waals surface area contributed by atoms with E-state index in [1.54, 1.807) is 0 Å². The number of nitrogens with zero attached hydrogens (tertiary/aromatic N) is 2. The highest BCUT2D eigenvalue weighted by molar-refractivity contribution is 5.85. The van der Waals surface area contributed by atoms with Gasteiger partial charge >= 0.3 is 0 Å². The molecule has 4 heteroatoms. The Morgan fingerprint density at radius 1 is 1.50 bits per heavy atom. The van der Waals surface area contributed by atoms with Crippen LogP contribution in [0.3, 0.4) is 0 Å². The minimum absolute atomic E-state index is 0.159. The van der Waals surface area contributed by atoms with Crippen LogP contribution in [0.2, 0.25) is 0 Å². The number of likely N-dealkylation sites (N-methyl/N-ethyl adjacent to an activating group) is 1. The maximum Gasteiger partial charge on any atom is 0.242 e. The van der Waals surface area contributed by atoms with Crippen molar-refractivity contribution in [3.05, 3.63) is 0 Å². The number of amides is 1. The van der Waals surface area contributed by atoms with E-state index in [-0.39, 0.29) is 5.91 Å². The van der Waals surface area contributed by atoms with Crippen LogP contribution in [0.15, 0.2) is 0 Å². The molecule has 1 aliphatic rings. The molecule has 0 bridgehead atoms. The lowest BCUT2D eigenvalue weighted by Crippen LogP contribution is -2.58. The molecule has 0 aromatic heterocycles. The SMILES string of the molecule is C#CCN(C)C(C)(C)C(=O)N1CCNCC1. The summed E-state index contributed by atoms with van der Waals surface area (Å²) in [6.07, 6.45) is 5.28. The zero-order chi connectivity index (χ0) is 12.2. The van der Waals surface area contributed by atoms with Crippen LogP contribution in [0.4, 0.5) is 0 Å². The van der Waals surface area contributed by atoms with Crippen LogP contribution in [0.5, 0.6) is 0 Å². The molecule has 16 heavy (non-hydrogen) atoms. The zero-order valence-electron chi connectivity index (χ0n) is 10.4. The van der Waals surface area contributed by atoms with E-state index in [1.165, 1.54) is 0 Å². The summed E-state index contributed by atoms with van der Waals surface area (Å²) in [5, 5.41) is 3.24. The highest BCUT2D eigenvalue weighted by atomic mass is 16.2. The van der Waals surface area contributed by atoms with Gasteiger partial charge in [0.25, 0.3) is 0 Å². The van der Waals surface area contributed by atoms with Gasteiger partial charge in [-0.05, 0) is 20.9 Å². The van der Waals surface area contributed by atoms with E-state index in [0.29, 0.717) is 6.54 Å². The van der Waals surface area contributed by atoms with Crippen molar-refractivity contribution < 1.29 is 4.79 Å². The molecule has 0 atom stereocenters. The molecule has 1 aliphatic heterocycles. The maximum atomic E-state index is 12.3. The van der Waals surface area contributed by atoms with E-state index in [1.807, 2.05) is 30.7 Å². The van der Waals surface area contributed by atoms with Crippen LogP contribution < -0.4 is 5.32 Å². The van der Waals surface area contributed by atoms with Gasteiger partial charge in [0, 0.05) is 26.2 Å². The first kappa shape index (κ1) is 13.0. The number of piperazine rings is 1. The lowest BCUT2D eigenvalue weighted by atomic mass is 10.0. The Hall–Kier alpha value is -1.05. The number of carbonyl (C=O) groups excluding carboxylic acids is 1. The predicted octanol–water partition coefficient (Wildman–Crippen LogP) is -0.238. The van der Waals surface area contributed by atoms with Crippen molar-refractivity contribution >= 4 is 5.91 Å². The van der Waals surface area contributed by atoms with E-state index in [4.69, 9.17) is 6.42 Å². The zero-order valence-corrected chi connectivity index (χ0v) is 10.4. The number of terminal acetylenes is 1. The highest BCUT2D eigenvalue weighted by Gasteiger charge is 2.35. The molecule has 90 valence electrons. The quantitative estimate of drug-likeness (QED) is 0.671. The molecule has 1 N–H and O–H groups in total. The second-order valence-corrected chi connectivity index (χ2v) is 4.66. The Morgan fingerprint density at radius 3 is 2.56 bits per heavy atom. The lowest BCUT2D eigenvalue weighted by Gasteiger charge is -2.39. The molecule has 0 saturated carbocycles. The number of hydrogen-bond acceptors (Lipinski definition) is 3. The summed E-state index contributed by atoms with van der Waals surface area (Å²) >= 11 is 0. The molecule has 4 nitrogen and oxygen atoms in total. The van der Waals surface area contributed by atoms with E-state index in [9.17, 15) is 4.79 Å². The Bertz CT molecular complexity index is 287. The first-order valence-corrected chi connectivity index (χ1v) is 5.65. The van der Waals surface area contributed by atoms with Gasteiger partial charge in [0.1, 0.15) is 0 Å². The summed E-state index contributed by atoms with van der Waals surface area (Å²) in [6.45, 7) is 7.66. The molecule has 1 fully saturated rings. The van der Waals surface area contributed by atoms with E-state index >= 15 is 0 Å². The van der Waals surface area contributed by atoms with Gasteiger partial charge in [-0.1, -0.05) is 5.92 Å². The molecule has 1 rings (SSSR count). The Balaban J connectivity index is 2.66. The van der Waals surface area contributed by atoms with Crippen molar-refractivity contribution in [1.29, 1.82) is 0 Å². The smallest absolute Gasteiger partial charge is 0.242 e. The van der Waals surface area contributed by atoms with Crippen LogP contribution in [0, 0.1) is 12.3 Å². The predicted molar refractivity (Wildman–Crippen MR) is 65.0 cm³/mol. The number of hydrogen-bond donors (Lipinski definition) is 1. The third-order valence-electron chi connectivity index (χ3n) is 3.21. The summed E-state index contributed by atoms with van der Waals surface area (Å²) in [6, 6.07) is 0. The minimum atomic E-state index is -0.524. The molecule has 0 unspecified atom stereocenters. The van der Waals surface area contributed by atoms with Crippen molar-refractivity contribution in [3.63, 3.8) is 0 Å². The molecular weight excluding hydrogens is 202 g/mol. The third kappa shape index (κ3) is 2.75. The molecule has 1 heterocycles. The summed E-state index contributed by atoms with van der Waals surface area (Å²) in [5.41, 5.74) is -0.524. The first-order valence-electron chi connectivity index (χ1n) is 5.65. The summed E-state index contributed by atoms with van der Waals surface area (Å²) in [7, 11) is 1.89. The normalized spacial score (nSPS) is 17.3. The van der Waals surface area contributed by atoms with Crippen LogP contribution in [-0.2, 0) is 4.79 Å². The van der Waals surface area contributed by atoms with Gasteiger partial charge in [0.2, 0.25) is 5.91 Å². The van der Waals surface area contributed by atoms with E-state index < -0.39 is 5.54 Å². The van der Waals surface area contributed by atoms with Crippen LogP contribution >= 0.6 is 0 Å². The molecule has 0 aromatic carbocycles. The summed E-state index contributed by atoms with van der Waals surface area (Å²) in [4.78, 5) is 16.1. The molecule has 1 saturated heterocycles. The molecular formula is C12H21N3O. The first-order chi connectivity index (χ1) is 7.50. The van der Waals surface area contributed by atoms with Gasteiger partial charge in [-0.15, -0.1) is 6.42 Å². The fourth-order valence-corrected chi connectivity index (χ4v) is 1.75. The highest BCUT2D eigenvalue weighted by Crippen LogP contribution is 2.16. The van der Waals surface area contributed by atoms with Crippen molar-refractivity contribution in [1.82, 2.24) is 15.1 Å². The van der Waals surface area contributed by atoms with Gasteiger partial charge in [-0.25, -0.2) is 0 Å². The van der Waals surface area contributed by atoms with Crippen molar-refractivity contribution in [2.45, 2.75) is 19.4 Å². The Morgan fingerprint density at radius 2 is 2.06 bits per heavy atom. The molecule has 1 amide bonds. The number of nitrogens with one attached hydrogen (secondary N) is 1. The fraction of sp³-hybridized carbons (Fsp3) is 0.750. The third-order valence-corrected chi connectivity index (χ3v) is 3.21. The summed E-state index contributed by atoms with van der Waals surface area (Å²) in [5.74, 6) is 2.73. The standard InChI is InChI=1S/C12H21N3O/c1-5-8-14(4)12(2,3)11(16)15-9-6-13-7-10-15/h1,13H,6-10H2,2-4H3. The van der Waals surface area contributed by atoms with Crippen LogP contribution in [0.25, 0.3) is 0 Å². The minimum Gasteiger partial charge on any atom is -0.339 e. The number of carbonyl (C=O) groups is 1. The maximum absolute atomic E-state index is 12.3. The average Bonchev–Trinajstić information content (AvgIpc) is 2.29. The molecule has 0 aliphatic carbocycles. The lowest BCUT2D eigenvalue weighted by molar-refractivity contribution is -0.142. The van der Waals surface area contributed by atoms with Gasteiger partial charge in [-0.2, -0.15) is 0 Å².